The zero-order chi connectivity index (χ0) is 16.4. The quantitative estimate of drug-likeness (QED) is 0.837. The first kappa shape index (κ1) is 16.1. The molecule has 1 amide bonds. The Bertz CT molecular complexity index is 582. The van der Waals surface area contributed by atoms with Gasteiger partial charge in [0.05, 0.1) is 6.61 Å². The molecule has 0 aliphatic carbocycles. The van der Waals surface area contributed by atoms with Crippen LogP contribution in [0.25, 0.3) is 0 Å². The minimum Gasteiger partial charge on any atom is -0.465 e. The van der Waals surface area contributed by atoms with E-state index in [-0.39, 0.29) is 19.4 Å². The fourth-order valence-corrected chi connectivity index (χ4v) is 2.98. The Balaban J connectivity index is 1.74. The summed E-state index contributed by atoms with van der Waals surface area (Å²) in [6.07, 6.45) is -1.93. The number of benzene rings is 1. The Morgan fingerprint density at radius 3 is 2.83 bits per heavy atom. The number of halogens is 3. The van der Waals surface area contributed by atoms with Gasteiger partial charge in [0.15, 0.2) is 6.29 Å². The van der Waals surface area contributed by atoms with Crippen LogP contribution in [-0.2, 0) is 22.5 Å². The molecule has 23 heavy (non-hydrogen) atoms. The van der Waals surface area contributed by atoms with Crippen LogP contribution in [0.5, 0.6) is 5.75 Å². The van der Waals surface area contributed by atoms with Crippen molar-refractivity contribution in [3.05, 3.63) is 29.3 Å². The molecule has 1 atom stereocenters. The van der Waals surface area contributed by atoms with Crippen LogP contribution in [0.4, 0.5) is 13.2 Å². The van der Waals surface area contributed by atoms with Crippen LogP contribution in [0.15, 0.2) is 18.2 Å². The van der Waals surface area contributed by atoms with Gasteiger partial charge in [-0.1, -0.05) is 12.1 Å². The minimum atomic E-state index is -4.83. The van der Waals surface area contributed by atoms with Gasteiger partial charge in [-0.25, -0.2) is 0 Å². The summed E-state index contributed by atoms with van der Waals surface area (Å²) in [5.41, 5.74) is 1.56. The van der Waals surface area contributed by atoms with Gasteiger partial charge < -0.3 is 14.4 Å². The third-order valence-corrected chi connectivity index (χ3v) is 4.15. The molecule has 0 aromatic heterocycles. The molecular formula is C16H18F3NO3. The van der Waals surface area contributed by atoms with Gasteiger partial charge in [-0.05, 0) is 30.9 Å². The number of carbonyl (C=O) groups excluding carboxylic acids is 1. The second-order valence-corrected chi connectivity index (χ2v) is 5.78. The molecule has 1 aromatic carbocycles. The van der Waals surface area contributed by atoms with Gasteiger partial charge in [0.2, 0.25) is 0 Å². The van der Waals surface area contributed by atoms with E-state index >= 15 is 0 Å². The summed E-state index contributed by atoms with van der Waals surface area (Å²) in [7, 11) is 0. The number of fused-ring (bicyclic) bond motifs is 1. The predicted octanol–water partition coefficient (Wildman–Crippen LogP) is 3.04. The smallest absolute Gasteiger partial charge is 0.465 e. The number of alkyl halides is 3. The summed E-state index contributed by atoms with van der Waals surface area (Å²) in [5.74, 6) is -1.14. The molecule has 0 spiro atoms. The van der Waals surface area contributed by atoms with Crippen molar-refractivity contribution in [2.75, 3.05) is 13.2 Å². The number of carbonyl (C=O) groups is 1. The van der Waals surface area contributed by atoms with Crippen LogP contribution >= 0.6 is 0 Å². The van der Waals surface area contributed by atoms with E-state index in [9.17, 15) is 18.0 Å². The van der Waals surface area contributed by atoms with Crippen LogP contribution < -0.4 is 4.74 Å². The van der Waals surface area contributed by atoms with Gasteiger partial charge in [0, 0.05) is 25.1 Å². The molecule has 126 valence electrons. The maximum atomic E-state index is 12.6. The van der Waals surface area contributed by atoms with Gasteiger partial charge in [-0.2, -0.15) is 13.2 Å². The Kier molecular flexibility index (Phi) is 4.48. The lowest BCUT2D eigenvalue weighted by molar-refractivity contribution is -0.186. The number of hydrogen-bond acceptors (Lipinski definition) is 3. The lowest BCUT2D eigenvalue weighted by Gasteiger charge is -2.31. The fourth-order valence-electron chi connectivity index (χ4n) is 2.98. The minimum absolute atomic E-state index is 0.0389. The monoisotopic (exact) mass is 329 g/mol. The largest absolute Gasteiger partial charge is 0.471 e. The molecule has 1 saturated heterocycles. The van der Waals surface area contributed by atoms with Crippen molar-refractivity contribution in [3.63, 3.8) is 0 Å². The molecule has 0 saturated carbocycles. The van der Waals surface area contributed by atoms with Crippen molar-refractivity contribution in [2.24, 2.45) is 0 Å². The third-order valence-electron chi connectivity index (χ3n) is 4.15. The normalized spacial score (nSPS) is 21.7. The highest BCUT2D eigenvalue weighted by Crippen LogP contribution is 2.31. The Morgan fingerprint density at radius 2 is 2.13 bits per heavy atom. The fraction of sp³-hybridized carbons (Fsp3) is 0.562. The molecule has 3 rings (SSSR count). The Morgan fingerprint density at radius 1 is 1.30 bits per heavy atom. The highest BCUT2D eigenvalue weighted by Gasteiger charge is 2.43. The molecule has 4 nitrogen and oxygen atoms in total. The van der Waals surface area contributed by atoms with Crippen molar-refractivity contribution in [3.8, 4) is 5.75 Å². The SMILES string of the molecule is O=C(N1CCc2c(cccc2OC2CCCCO2)C1)C(F)(F)F. The maximum Gasteiger partial charge on any atom is 0.471 e. The summed E-state index contributed by atoms with van der Waals surface area (Å²) in [6, 6.07) is 5.27. The maximum absolute atomic E-state index is 12.6. The van der Waals surface area contributed by atoms with Crippen LogP contribution in [0.2, 0.25) is 0 Å². The molecule has 1 fully saturated rings. The van der Waals surface area contributed by atoms with Gasteiger partial charge in [-0.3, -0.25) is 4.79 Å². The van der Waals surface area contributed by atoms with Gasteiger partial charge in [-0.15, -0.1) is 0 Å². The summed E-state index contributed by atoms with van der Waals surface area (Å²) < 4.78 is 49.1. The van der Waals surface area contributed by atoms with E-state index in [0.717, 1.165) is 29.7 Å². The first-order valence-electron chi connectivity index (χ1n) is 7.70. The molecule has 1 aromatic rings. The summed E-state index contributed by atoms with van der Waals surface area (Å²) >= 11 is 0. The zero-order valence-electron chi connectivity index (χ0n) is 12.6. The second kappa shape index (κ2) is 6.39. The van der Waals surface area contributed by atoms with Gasteiger partial charge in [0.25, 0.3) is 0 Å². The third kappa shape index (κ3) is 3.60. The number of ether oxygens (including phenoxy) is 2. The van der Waals surface area contributed by atoms with E-state index in [2.05, 4.69) is 0 Å². The average Bonchev–Trinajstić information content (AvgIpc) is 2.54. The molecule has 1 unspecified atom stereocenters. The van der Waals surface area contributed by atoms with Crippen LogP contribution in [0.3, 0.4) is 0 Å². The predicted molar refractivity (Wildman–Crippen MR) is 75.8 cm³/mol. The number of nitrogens with zero attached hydrogens (tertiary/aromatic N) is 1. The molecular weight excluding hydrogens is 311 g/mol. The van der Waals surface area contributed by atoms with Crippen molar-refractivity contribution in [1.29, 1.82) is 0 Å². The Hall–Kier alpha value is -1.76. The molecule has 2 heterocycles. The highest BCUT2D eigenvalue weighted by molar-refractivity contribution is 5.82. The van der Waals surface area contributed by atoms with E-state index in [1.807, 2.05) is 0 Å². The molecule has 0 N–H and O–H groups in total. The van der Waals surface area contributed by atoms with Crippen molar-refractivity contribution in [1.82, 2.24) is 4.90 Å². The summed E-state index contributed by atoms with van der Waals surface area (Å²) in [4.78, 5) is 12.2. The standard InChI is InChI=1S/C16H18F3NO3/c17-16(18,19)15(21)20-8-7-12-11(10-20)4-3-5-13(12)23-14-6-1-2-9-22-14/h3-5,14H,1-2,6-10H2. The van der Waals surface area contributed by atoms with E-state index in [1.165, 1.54) is 0 Å². The van der Waals surface area contributed by atoms with E-state index < -0.39 is 12.1 Å². The van der Waals surface area contributed by atoms with Crippen LogP contribution in [-0.4, -0.2) is 36.4 Å². The molecule has 7 heteroatoms. The summed E-state index contributed by atoms with van der Waals surface area (Å²) in [5, 5.41) is 0. The first-order chi connectivity index (χ1) is 10.9. The average molecular weight is 329 g/mol. The van der Waals surface area contributed by atoms with E-state index in [0.29, 0.717) is 24.3 Å². The molecule has 0 bridgehead atoms. The number of rotatable bonds is 2. The van der Waals surface area contributed by atoms with Crippen molar-refractivity contribution < 1.29 is 27.4 Å². The lowest BCUT2D eigenvalue weighted by atomic mass is 9.98. The van der Waals surface area contributed by atoms with Crippen LogP contribution in [0.1, 0.15) is 30.4 Å². The van der Waals surface area contributed by atoms with E-state index in [1.54, 1.807) is 18.2 Å². The van der Waals surface area contributed by atoms with Crippen molar-refractivity contribution >= 4 is 5.91 Å². The highest BCUT2D eigenvalue weighted by atomic mass is 19.4. The number of hydrogen-bond donors (Lipinski definition) is 0. The first-order valence-corrected chi connectivity index (χ1v) is 7.70. The van der Waals surface area contributed by atoms with Gasteiger partial charge >= 0.3 is 12.1 Å². The van der Waals surface area contributed by atoms with E-state index in [4.69, 9.17) is 9.47 Å². The molecule has 2 aliphatic rings. The zero-order valence-corrected chi connectivity index (χ0v) is 12.6. The van der Waals surface area contributed by atoms with Gasteiger partial charge in [0.1, 0.15) is 5.75 Å². The molecule has 2 aliphatic heterocycles. The van der Waals surface area contributed by atoms with Crippen molar-refractivity contribution in [2.45, 2.75) is 44.7 Å². The van der Waals surface area contributed by atoms with Crippen LogP contribution in [0, 0.1) is 0 Å². The topological polar surface area (TPSA) is 38.8 Å². The Labute approximate surface area is 132 Å². The lowest BCUT2D eigenvalue weighted by Crippen LogP contribution is -2.43. The number of amides is 1. The second-order valence-electron chi connectivity index (χ2n) is 5.78. The summed E-state index contributed by atoms with van der Waals surface area (Å²) in [6.45, 7) is 0.654. The molecule has 0 radical (unpaired) electrons.